The van der Waals surface area contributed by atoms with Gasteiger partial charge in [-0.25, -0.2) is 14.4 Å². The number of aromatic nitrogens is 3. The van der Waals surface area contributed by atoms with Crippen LogP contribution in [0.4, 0.5) is 10.2 Å². The van der Waals surface area contributed by atoms with Crippen LogP contribution in [0.5, 0.6) is 11.5 Å². The molecule has 182 valence electrons. The molecule has 0 bridgehead atoms. The summed E-state index contributed by atoms with van der Waals surface area (Å²) < 4.78 is 24.1. The van der Waals surface area contributed by atoms with E-state index >= 15 is 0 Å². The number of amides is 1. The number of anilines is 1. The predicted octanol–water partition coefficient (Wildman–Crippen LogP) is 4.55. The molecule has 0 unspecified atom stereocenters. The topological polar surface area (TPSA) is 89.5 Å². The number of hydrogen-bond acceptors (Lipinski definition) is 7. The van der Waals surface area contributed by atoms with E-state index in [1.807, 2.05) is 24.3 Å². The number of rotatable bonds is 7. The quantitative estimate of drug-likeness (QED) is 0.411. The third-order valence-electron chi connectivity index (χ3n) is 5.64. The third-order valence-corrected chi connectivity index (χ3v) is 5.64. The van der Waals surface area contributed by atoms with Crippen LogP contribution in [0, 0.1) is 5.82 Å². The molecule has 0 spiro atoms. The van der Waals surface area contributed by atoms with Crippen molar-refractivity contribution in [2.75, 3.05) is 31.6 Å². The molecule has 1 N–H and O–H groups in total. The molecule has 5 rings (SSSR count). The fourth-order valence-corrected chi connectivity index (χ4v) is 3.73. The lowest BCUT2D eigenvalue weighted by Crippen LogP contribution is -2.40. The molecule has 2 aromatic heterocycles. The van der Waals surface area contributed by atoms with Gasteiger partial charge in [0.2, 0.25) is 0 Å². The number of morpholine rings is 1. The van der Waals surface area contributed by atoms with Crippen LogP contribution < -0.4 is 10.1 Å². The monoisotopic (exact) mass is 485 g/mol. The zero-order valence-electron chi connectivity index (χ0n) is 19.4. The van der Waals surface area contributed by atoms with Gasteiger partial charge in [0.1, 0.15) is 23.1 Å². The predicted molar refractivity (Wildman–Crippen MR) is 132 cm³/mol. The normalized spacial score (nSPS) is 13.3. The Balaban J connectivity index is 1.22. The zero-order chi connectivity index (χ0) is 24.7. The first kappa shape index (κ1) is 23.4. The Kier molecular flexibility index (Phi) is 7.09. The molecule has 1 saturated heterocycles. The van der Waals surface area contributed by atoms with Crippen LogP contribution in [-0.2, 0) is 11.3 Å². The first-order valence-electron chi connectivity index (χ1n) is 11.6. The molecule has 1 amide bonds. The molecular weight excluding hydrogens is 461 g/mol. The fraction of sp³-hybridized carbons (Fsp3) is 0.185. The Morgan fingerprint density at radius 1 is 1.00 bits per heavy atom. The molecule has 3 heterocycles. The van der Waals surface area contributed by atoms with Gasteiger partial charge >= 0.3 is 0 Å². The van der Waals surface area contributed by atoms with Crippen molar-refractivity contribution in [2.24, 2.45) is 0 Å². The summed E-state index contributed by atoms with van der Waals surface area (Å²) in [7, 11) is 0. The number of hydrogen-bond donors (Lipinski definition) is 1. The molecule has 1 aliphatic rings. The van der Waals surface area contributed by atoms with E-state index in [2.05, 4.69) is 20.3 Å². The second kappa shape index (κ2) is 10.9. The number of nitrogens with one attached hydrogen (secondary N) is 1. The Morgan fingerprint density at radius 3 is 2.47 bits per heavy atom. The average Bonchev–Trinajstić information content (AvgIpc) is 2.94. The van der Waals surface area contributed by atoms with Crippen LogP contribution in [0.2, 0.25) is 0 Å². The van der Waals surface area contributed by atoms with E-state index in [9.17, 15) is 9.18 Å². The number of carbonyl (C=O) groups excluding carboxylic acids is 1. The van der Waals surface area contributed by atoms with Gasteiger partial charge in [-0.05, 0) is 54.1 Å². The van der Waals surface area contributed by atoms with Gasteiger partial charge in [0.15, 0.2) is 5.82 Å². The van der Waals surface area contributed by atoms with Crippen LogP contribution >= 0.6 is 0 Å². The third kappa shape index (κ3) is 5.81. The summed E-state index contributed by atoms with van der Waals surface area (Å²) in [4.78, 5) is 27.7. The van der Waals surface area contributed by atoms with Crippen LogP contribution in [0.25, 0.3) is 11.4 Å². The van der Waals surface area contributed by atoms with Crippen molar-refractivity contribution < 1.29 is 18.7 Å². The second-order valence-corrected chi connectivity index (χ2v) is 8.19. The molecule has 0 radical (unpaired) electrons. The maximum atomic E-state index is 13.1. The van der Waals surface area contributed by atoms with Crippen LogP contribution in [-0.4, -0.2) is 52.1 Å². The van der Waals surface area contributed by atoms with E-state index in [-0.39, 0.29) is 11.7 Å². The zero-order valence-corrected chi connectivity index (χ0v) is 19.4. The molecule has 8 nitrogen and oxygen atoms in total. The van der Waals surface area contributed by atoms with E-state index in [1.165, 1.54) is 12.1 Å². The Hall–Kier alpha value is -4.37. The largest absolute Gasteiger partial charge is 0.457 e. The number of benzene rings is 2. The minimum Gasteiger partial charge on any atom is -0.457 e. The fourth-order valence-electron chi connectivity index (χ4n) is 3.73. The van der Waals surface area contributed by atoms with Gasteiger partial charge in [-0.1, -0.05) is 12.1 Å². The van der Waals surface area contributed by atoms with Crippen LogP contribution in [0.15, 0.2) is 79.3 Å². The standard InChI is InChI=1S/C27H24FN5O3/c28-22-3-7-24(8-4-22)36-23-5-1-19(2-6-23)16-31-25-9-10-30-26(32-25)20-15-21(18-29-17-20)27(34)33-11-13-35-14-12-33/h1-10,15,17-18H,11-14,16H2,(H,30,31,32). The number of halogens is 1. The lowest BCUT2D eigenvalue weighted by Gasteiger charge is -2.26. The molecular formula is C27H24FN5O3. The van der Waals surface area contributed by atoms with Crippen molar-refractivity contribution in [3.05, 3.63) is 96.2 Å². The number of carbonyl (C=O) groups is 1. The molecule has 0 atom stereocenters. The van der Waals surface area contributed by atoms with E-state index in [1.54, 1.807) is 47.8 Å². The summed E-state index contributed by atoms with van der Waals surface area (Å²) in [6, 6.07) is 17.0. The molecule has 0 saturated carbocycles. The summed E-state index contributed by atoms with van der Waals surface area (Å²) >= 11 is 0. The van der Waals surface area contributed by atoms with Gasteiger partial charge in [-0.2, -0.15) is 0 Å². The summed E-state index contributed by atoms with van der Waals surface area (Å²) in [6.45, 7) is 2.76. The highest BCUT2D eigenvalue weighted by Crippen LogP contribution is 2.23. The summed E-state index contributed by atoms with van der Waals surface area (Å²) in [5.74, 6) is 1.98. The molecule has 1 fully saturated rings. The van der Waals surface area contributed by atoms with Crippen molar-refractivity contribution in [3.8, 4) is 22.9 Å². The Morgan fingerprint density at radius 2 is 1.72 bits per heavy atom. The lowest BCUT2D eigenvalue weighted by molar-refractivity contribution is 0.0302. The summed E-state index contributed by atoms with van der Waals surface area (Å²) in [5.41, 5.74) is 2.20. The minimum absolute atomic E-state index is 0.0752. The van der Waals surface area contributed by atoms with Gasteiger partial charge < -0.3 is 19.7 Å². The van der Waals surface area contributed by atoms with Gasteiger partial charge in [0, 0.05) is 43.8 Å². The number of nitrogens with zero attached hydrogens (tertiary/aromatic N) is 4. The van der Waals surface area contributed by atoms with Gasteiger partial charge in [0.05, 0.1) is 18.8 Å². The molecule has 4 aromatic rings. The maximum Gasteiger partial charge on any atom is 0.255 e. The highest BCUT2D eigenvalue weighted by Gasteiger charge is 2.19. The Labute approximate surface area is 207 Å². The van der Waals surface area contributed by atoms with E-state index in [0.717, 1.165) is 5.56 Å². The average molecular weight is 486 g/mol. The molecule has 9 heteroatoms. The van der Waals surface area contributed by atoms with Crippen molar-refractivity contribution in [1.82, 2.24) is 19.9 Å². The molecule has 1 aliphatic heterocycles. The SMILES string of the molecule is O=C(c1cncc(-c2nccc(NCc3ccc(Oc4ccc(F)cc4)cc3)n2)c1)N1CCOCC1. The van der Waals surface area contributed by atoms with E-state index in [0.29, 0.717) is 67.1 Å². The van der Waals surface area contributed by atoms with Gasteiger partial charge in [-0.15, -0.1) is 0 Å². The Bertz CT molecular complexity index is 1330. The van der Waals surface area contributed by atoms with Gasteiger partial charge in [0.25, 0.3) is 5.91 Å². The first-order chi connectivity index (χ1) is 17.6. The van der Waals surface area contributed by atoms with Crippen LogP contribution in [0.3, 0.4) is 0 Å². The van der Waals surface area contributed by atoms with Crippen molar-refractivity contribution >= 4 is 11.7 Å². The molecule has 2 aromatic carbocycles. The van der Waals surface area contributed by atoms with E-state index < -0.39 is 0 Å². The molecule has 36 heavy (non-hydrogen) atoms. The van der Waals surface area contributed by atoms with Crippen LogP contribution in [0.1, 0.15) is 15.9 Å². The number of ether oxygens (including phenoxy) is 2. The first-order valence-corrected chi connectivity index (χ1v) is 11.6. The van der Waals surface area contributed by atoms with Crippen molar-refractivity contribution in [3.63, 3.8) is 0 Å². The second-order valence-electron chi connectivity index (χ2n) is 8.19. The van der Waals surface area contributed by atoms with Crippen molar-refractivity contribution in [1.29, 1.82) is 0 Å². The summed E-state index contributed by atoms with van der Waals surface area (Å²) in [5, 5.41) is 3.29. The highest BCUT2D eigenvalue weighted by molar-refractivity contribution is 5.95. The highest BCUT2D eigenvalue weighted by atomic mass is 19.1. The van der Waals surface area contributed by atoms with Gasteiger partial charge in [-0.3, -0.25) is 9.78 Å². The maximum absolute atomic E-state index is 13.1. The smallest absolute Gasteiger partial charge is 0.255 e. The lowest BCUT2D eigenvalue weighted by atomic mass is 10.1. The van der Waals surface area contributed by atoms with E-state index in [4.69, 9.17) is 9.47 Å². The number of pyridine rings is 1. The minimum atomic E-state index is -0.304. The summed E-state index contributed by atoms with van der Waals surface area (Å²) in [6.07, 6.45) is 4.88. The van der Waals surface area contributed by atoms with Crippen molar-refractivity contribution in [2.45, 2.75) is 6.54 Å². The molecule has 0 aliphatic carbocycles.